The molecule has 1 saturated heterocycles. The van der Waals surface area contributed by atoms with Gasteiger partial charge in [-0.2, -0.15) is 0 Å². The first-order valence-corrected chi connectivity index (χ1v) is 10.8. The van der Waals surface area contributed by atoms with Gasteiger partial charge in [-0.05, 0) is 24.6 Å². The van der Waals surface area contributed by atoms with Crippen LogP contribution in [0.15, 0.2) is 42.5 Å². The van der Waals surface area contributed by atoms with Crippen molar-refractivity contribution in [1.82, 2.24) is 10.2 Å². The Balaban J connectivity index is 1.74. The van der Waals surface area contributed by atoms with Gasteiger partial charge in [0.15, 0.2) is 11.5 Å². The quantitative estimate of drug-likeness (QED) is 0.721. The molecule has 2 aromatic rings. The van der Waals surface area contributed by atoms with Crippen molar-refractivity contribution < 1.29 is 19.1 Å². The molecule has 3 rings (SSSR count). The number of benzene rings is 2. The van der Waals surface area contributed by atoms with Crippen molar-refractivity contribution in [3.63, 3.8) is 0 Å². The van der Waals surface area contributed by atoms with E-state index in [1.54, 1.807) is 28.8 Å². The van der Waals surface area contributed by atoms with Crippen molar-refractivity contribution in [2.75, 3.05) is 25.3 Å². The van der Waals surface area contributed by atoms with E-state index in [9.17, 15) is 9.59 Å². The lowest BCUT2D eigenvalue weighted by Gasteiger charge is -2.24. The number of thioether (sulfide) groups is 1. The van der Waals surface area contributed by atoms with Crippen LogP contribution in [0.3, 0.4) is 0 Å². The van der Waals surface area contributed by atoms with Crippen molar-refractivity contribution in [3.8, 4) is 11.5 Å². The number of halogens is 1. The Labute approximate surface area is 179 Å². The van der Waals surface area contributed by atoms with Gasteiger partial charge in [0, 0.05) is 17.9 Å². The van der Waals surface area contributed by atoms with Crippen molar-refractivity contribution in [2.45, 2.75) is 19.5 Å². The van der Waals surface area contributed by atoms with Gasteiger partial charge in [0.05, 0.1) is 24.6 Å². The Morgan fingerprint density at radius 3 is 2.72 bits per heavy atom. The summed E-state index contributed by atoms with van der Waals surface area (Å²) in [4.78, 5) is 27.4. The Morgan fingerprint density at radius 2 is 2.03 bits per heavy atom. The fraction of sp³-hybridized carbons (Fsp3) is 0.333. The van der Waals surface area contributed by atoms with Crippen molar-refractivity contribution >= 4 is 35.2 Å². The number of carbonyl (C=O) groups excluding carboxylic acids is 2. The van der Waals surface area contributed by atoms with Crippen molar-refractivity contribution in [3.05, 3.63) is 58.6 Å². The van der Waals surface area contributed by atoms with Crippen LogP contribution in [0.4, 0.5) is 0 Å². The van der Waals surface area contributed by atoms with Crippen LogP contribution in [-0.2, 0) is 11.3 Å². The third-order valence-corrected chi connectivity index (χ3v) is 5.81. The first kappa shape index (κ1) is 21.3. The zero-order valence-corrected chi connectivity index (χ0v) is 17.9. The molecule has 6 nitrogen and oxygen atoms in total. The fourth-order valence-corrected chi connectivity index (χ4v) is 4.48. The van der Waals surface area contributed by atoms with Crippen LogP contribution in [0, 0.1) is 0 Å². The van der Waals surface area contributed by atoms with Gasteiger partial charge in [-0.25, -0.2) is 0 Å². The number of hydrogen-bond acceptors (Lipinski definition) is 5. The summed E-state index contributed by atoms with van der Waals surface area (Å²) in [6.45, 7) is 2.69. The second-order valence-electron chi connectivity index (χ2n) is 6.42. The Kier molecular flexibility index (Phi) is 7.28. The molecule has 2 aromatic carbocycles. The second-order valence-corrected chi connectivity index (χ2v) is 7.82. The average Bonchev–Trinajstić information content (AvgIpc) is 3.23. The van der Waals surface area contributed by atoms with E-state index in [1.165, 1.54) is 7.11 Å². The van der Waals surface area contributed by atoms with E-state index in [2.05, 4.69) is 5.32 Å². The Bertz CT molecular complexity index is 878. The maximum absolute atomic E-state index is 13.1. The van der Waals surface area contributed by atoms with Crippen LogP contribution in [0.1, 0.15) is 22.8 Å². The number of amides is 2. The average molecular weight is 435 g/mol. The summed E-state index contributed by atoms with van der Waals surface area (Å²) in [5.41, 5.74) is 1.37. The topological polar surface area (TPSA) is 67.9 Å². The fourth-order valence-electron chi connectivity index (χ4n) is 3.06. The van der Waals surface area contributed by atoms with E-state index in [1.807, 2.05) is 37.3 Å². The highest BCUT2D eigenvalue weighted by Crippen LogP contribution is 2.37. The molecule has 0 bridgehead atoms. The number of nitrogens with one attached hydrogen (secondary N) is 1. The molecular weight excluding hydrogens is 412 g/mol. The van der Waals surface area contributed by atoms with Gasteiger partial charge in [0.1, 0.15) is 6.04 Å². The van der Waals surface area contributed by atoms with Gasteiger partial charge in [0.25, 0.3) is 5.91 Å². The van der Waals surface area contributed by atoms with Crippen molar-refractivity contribution in [2.24, 2.45) is 0 Å². The molecular formula is C21H23ClN2O4S. The number of nitrogens with zero attached hydrogens (tertiary/aromatic N) is 1. The maximum Gasteiger partial charge on any atom is 0.255 e. The summed E-state index contributed by atoms with van der Waals surface area (Å²) in [5.74, 6) is 1.35. The van der Waals surface area contributed by atoms with Crippen LogP contribution in [0.5, 0.6) is 11.5 Å². The number of ether oxygens (including phenoxy) is 2. The minimum absolute atomic E-state index is 0.170. The molecule has 0 saturated carbocycles. The van der Waals surface area contributed by atoms with E-state index >= 15 is 0 Å². The highest BCUT2D eigenvalue weighted by atomic mass is 35.5. The van der Waals surface area contributed by atoms with Gasteiger partial charge in [0.2, 0.25) is 5.91 Å². The highest BCUT2D eigenvalue weighted by Gasteiger charge is 2.35. The lowest BCUT2D eigenvalue weighted by atomic mass is 10.1. The molecule has 1 heterocycles. The van der Waals surface area contributed by atoms with Gasteiger partial charge in [-0.1, -0.05) is 41.9 Å². The van der Waals surface area contributed by atoms with E-state index in [4.69, 9.17) is 21.1 Å². The van der Waals surface area contributed by atoms with Gasteiger partial charge in [-0.3, -0.25) is 9.59 Å². The number of rotatable bonds is 7. The molecule has 0 radical (unpaired) electrons. The predicted molar refractivity (Wildman–Crippen MR) is 115 cm³/mol. The molecule has 8 heteroatoms. The standard InChI is InChI=1S/C21H23ClN2O4S/c1-3-28-19-16(22)9-15(10-18(19)27-2)21(26)24-13-29-12-17(24)20(25)23-11-14-7-5-4-6-8-14/h4-10,17H,3,11-13H2,1-2H3,(H,23,25)/t17-/m0/s1. The lowest BCUT2D eigenvalue weighted by molar-refractivity contribution is -0.124. The summed E-state index contributed by atoms with van der Waals surface area (Å²) in [6.07, 6.45) is 0. The molecule has 1 fully saturated rings. The lowest BCUT2D eigenvalue weighted by Crippen LogP contribution is -2.47. The molecule has 154 valence electrons. The largest absolute Gasteiger partial charge is 0.493 e. The summed E-state index contributed by atoms with van der Waals surface area (Å²) >= 11 is 7.84. The Hall–Kier alpha value is -2.38. The van der Waals surface area contributed by atoms with Crippen LogP contribution in [0.2, 0.25) is 5.02 Å². The zero-order valence-electron chi connectivity index (χ0n) is 16.3. The monoisotopic (exact) mass is 434 g/mol. The summed E-state index contributed by atoms with van der Waals surface area (Å²) in [5, 5.41) is 3.22. The van der Waals surface area contributed by atoms with Crippen LogP contribution < -0.4 is 14.8 Å². The molecule has 2 amide bonds. The molecule has 0 aliphatic carbocycles. The molecule has 1 N–H and O–H groups in total. The predicted octanol–water partition coefficient (Wildman–Crippen LogP) is 3.58. The number of methoxy groups -OCH3 is 1. The third kappa shape index (κ3) is 4.97. The summed E-state index contributed by atoms with van der Waals surface area (Å²) < 4.78 is 10.8. The first-order valence-electron chi connectivity index (χ1n) is 9.25. The smallest absolute Gasteiger partial charge is 0.255 e. The molecule has 1 aliphatic rings. The van der Waals surface area contributed by atoms with Crippen LogP contribution in [-0.4, -0.2) is 48.1 Å². The van der Waals surface area contributed by atoms with Gasteiger partial charge >= 0.3 is 0 Å². The number of carbonyl (C=O) groups is 2. The minimum Gasteiger partial charge on any atom is -0.493 e. The number of hydrogen-bond donors (Lipinski definition) is 1. The molecule has 1 aliphatic heterocycles. The van der Waals surface area contributed by atoms with Crippen molar-refractivity contribution in [1.29, 1.82) is 0 Å². The molecule has 29 heavy (non-hydrogen) atoms. The summed E-state index contributed by atoms with van der Waals surface area (Å²) in [6, 6.07) is 12.3. The molecule has 0 unspecified atom stereocenters. The maximum atomic E-state index is 13.1. The highest BCUT2D eigenvalue weighted by molar-refractivity contribution is 7.99. The second kappa shape index (κ2) is 9.89. The van der Waals surface area contributed by atoms with E-state index in [0.29, 0.717) is 46.9 Å². The molecule has 0 spiro atoms. The summed E-state index contributed by atoms with van der Waals surface area (Å²) in [7, 11) is 1.49. The molecule has 0 aromatic heterocycles. The zero-order chi connectivity index (χ0) is 20.8. The van der Waals surface area contributed by atoms with Crippen LogP contribution in [0.25, 0.3) is 0 Å². The van der Waals surface area contributed by atoms with Crippen LogP contribution >= 0.6 is 23.4 Å². The Morgan fingerprint density at radius 1 is 1.28 bits per heavy atom. The van der Waals surface area contributed by atoms with E-state index in [0.717, 1.165) is 5.56 Å². The van der Waals surface area contributed by atoms with Gasteiger partial charge < -0.3 is 19.7 Å². The normalized spacial score (nSPS) is 15.8. The minimum atomic E-state index is -0.535. The van der Waals surface area contributed by atoms with Gasteiger partial charge in [-0.15, -0.1) is 11.8 Å². The van der Waals surface area contributed by atoms with E-state index in [-0.39, 0.29) is 11.8 Å². The SMILES string of the molecule is CCOc1c(Cl)cc(C(=O)N2CSC[C@H]2C(=O)NCc2ccccc2)cc1OC. The van der Waals surface area contributed by atoms with E-state index < -0.39 is 6.04 Å². The third-order valence-electron chi connectivity index (χ3n) is 4.52. The first-order chi connectivity index (χ1) is 14.0. The molecule has 1 atom stereocenters.